The predicted octanol–water partition coefficient (Wildman–Crippen LogP) is 0.374. The van der Waals surface area contributed by atoms with Crippen LogP contribution in [0.3, 0.4) is 0 Å². The van der Waals surface area contributed by atoms with Crippen LogP contribution in [0.1, 0.15) is 13.3 Å². The van der Waals surface area contributed by atoms with Gasteiger partial charge < -0.3 is 5.73 Å². The standard InChI is InChI=1S/C12H21N3O4S2.ClH/c1-10(13)7-8-14-20(16,17)11-5-4-6-12(9-11)21(18,19)15(2)3;/h4-6,9-10,14H,7-8,13H2,1-3H3;1H. The number of nitrogens with zero attached hydrogens (tertiary/aromatic N) is 1. The molecular weight excluding hydrogens is 350 g/mol. The Morgan fingerprint density at radius 1 is 1.18 bits per heavy atom. The van der Waals surface area contributed by atoms with Gasteiger partial charge in [-0.15, -0.1) is 12.4 Å². The molecule has 0 amide bonds. The molecule has 0 heterocycles. The van der Waals surface area contributed by atoms with Gasteiger partial charge in [0.1, 0.15) is 0 Å². The highest BCUT2D eigenvalue weighted by molar-refractivity contribution is 7.90. The summed E-state index contributed by atoms with van der Waals surface area (Å²) in [5.74, 6) is 0. The zero-order valence-electron chi connectivity index (χ0n) is 12.7. The van der Waals surface area contributed by atoms with Crippen molar-refractivity contribution in [2.24, 2.45) is 5.73 Å². The van der Waals surface area contributed by atoms with Crippen LogP contribution in [-0.4, -0.2) is 47.8 Å². The molecule has 0 fully saturated rings. The van der Waals surface area contributed by atoms with E-state index in [1.807, 2.05) is 0 Å². The lowest BCUT2D eigenvalue weighted by Gasteiger charge is -2.13. The minimum Gasteiger partial charge on any atom is -0.328 e. The lowest BCUT2D eigenvalue weighted by Crippen LogP contribution is -2.29. The Hall–Kier alpha value is -0.710. The average Bonchev–Trinajstić information content (AvgIpc) is 2.38. The Kier molecular flexibility index (Phi) is 7.96. The lowest BCUT2D eigenvalue weighted by molar-refractivity contribution is 0.520. The fourth-order valence-corrected chi connectivity index (χ4v) is 3.63. The molecule has 1 aromatic carbocycles. The van der Waals surface area contributed by atoms with Gasteiger partial charge in [-0.1, -0.05) is 6.07 Å². The molecule has 22 heavy (non-hydrogen) atoms. The molecule has 1 unspecified atom stereocenters. The Morgan fingerprint density at radius 2 is 1.73 bits per heavy atom. The Morgan fingerprint density at radius 3 is 2.23 bits per heavy atom. The highest BCUT2D eigenvalue weighted by Crippen LogP contribution is 2.17. The fraction of sp³-hybridized carbons (Fsp3) is 0.500. The van der Waals surface area contributed by atoms with Gasteiger partial charge in [-0.25, -0.2) is 25.9 Å². The summed E-state index contributed by atoms with van der Waals surface area (Å²) >= 11 is 0. The first-order valence-electron chi connectivity index (χ1n) is 6.35. The second-order valence-electron chi connectivity index (χ2n) is 4.93. The molecule has 0 aliphatic carbocycles. The summed E-state index contributed by atoms with van der Waals surface area (Å²) in [6.07, 6.45) is 0.495. The molecule has 0 spiro atoms. The molecular formula is C12H22ClN3O4S2. The van der Waals surface area contributed by atoms with Crippen LogP contribution in [-0.2, 0) is 20.0 Å². The van der Waals surface area contributed by atoms with Gasteiger partial charge in [0.25, 0.3) is 0 Å². The molecule has 0 aliphatic rings. The van der Waals surface area contributed by atoms with Crippen molar-refractivity contribution in [3.63, 3.8) is 0 Å². The van der Waals surface area contributed by atoms with Crippen molar-refractivity contribution in [2.45, 2.75) is 29.2 Å². The molecule has 10 heteroatoms. The number of hydrogen-bond donors (Lipinski definition) is 2. The van der Waals surface area contributed by atoms with Gasteiger partial charge in [0.05, 0.1) is 9.79 Å². The van der Waals surface area contributed by atoms with Gasteiger partial charge in [-0.3, -0.25) is 0 Å². The van der Waals surface area contributed by atoms with Crippen LogP contribution < -0.4 is 10.5 Å². The number of rotatable bonds is 7. The van der Waals surface area contributed by atoms with Crippen molar-refractivity contribution in [3.8, 4) is 0 Å². The third kappa shape index (κ3) is 5.49. The van der Waals surface area contributed by atoms with Gasteiger partial charge in [0.15, 0.2) is 0 Å². The van der Waals surface area contributed by atoms with E-state index in [9.17, 15) is 16.8 Å². The predicted molar refractivity (Wildman–Crippen MR) is 88.0 cm³/mol. The Labute approximate surface area is 138 Å². The van der Waals surface area contributed by atoms with E-state index >= 15 is 0 Å². The molecule has 1 aromatic rings. The zero-order chi connectivity index (χ0) is 16.3. The van der Waals surface area contributed by atoms with Crippen LogP contribution in [0.2, 0.25) is 0 Å². The summed E-state index contributed by atoms with van der Waals surface area (Å²) in [6, 6.07) is 5.13. The summed E-state index contributed by atoms with van der Waals surface area (Å²) in [7, 11) is -4.65. The minimum atomic E-state index is -3.75. The normalized spacial score (nSPS) is 13.7. The van der Waals surface area contributed by atoms with E-state index in [-0.39, 0.29) is 34.8 Å². The van der Waals surface area contributed by atoms with Crippen LogP contribution in [0.4, 0.5) is 0 Å². The van der Waals surface area contributed by atoms with Crippen molar-refractivity contribution in [3.05, 3.63) is 24.3 Å². The SMILES string of the molecule is CC(N)CCNS(=O)(=O)c1cccc(S(=O)(=O)N(C)C)c1.Cl. The Bertz CT molecular complexity index is 688. The second kappa shape index (κ2) is 8.23. The van der Waals surface area contributed by atoms with Gasteiger partial charge in [0.2, 0.25) is 20.0 Å². The van der Waals surface area contributed by atoms with Crippen LogP contribution in [0, 0.1) is 0 Å². The van der Waals surface area contributed by atoms with E-state index in [1.165, 1.54) is 32.3 Å². The second-order valence-corrected chi connectivity index (χ2v) is 8.84. The Balaban J connectivity index is 0.00000441. The first-order chi connectivity index (χ1) is 9.57. The summed E-state index contributed by atoms with van der Waals surface area (Å²) in [5.41, 5.74) is 5.56. The smallest absolute Gasteiger partial charge is 0.242 e. The van der Waals surface area contributed by atoms with E-state index in [0.29, 0.717) is 6.42 Å². The van der Waals surface area contributed by atoms with Crippen molar-refractivity contribution in [1.82, 2.24) is 9.03 Å². The summed E-state index contributed by atoms with van der Waals surface area (Å²) in [6.45, 7) is 1.98. The lowest BCUT2D eigenvalue weighted by atomic mass is 10.3. The molecule has 0 saturated carbocycles. The third-order valence-electron chi connectivity index (χ3n) is 2.79. The van der Waals surface area contributed by atoms with Crippen molar-refractivity contribution in [2.75, 3.05) is 20.6 Å². The number of hydrogen-bond acceptors (Lipinski definition) is 5. The first-order valence-corrected chi connectivity index (χ1v) is 9.27. The third-order valence-corrected chi connectivity index (χ3v) is 6.06. The molecule has 1 rings (SSSR count). The molecule has 0 bridgehead atoms. The molecule has 0 saturated heterocycles. The van der Waals surface area contributed by atoms with E-state index in [0.717, 1.165) is 10.4 Å². The zero-order valence-corrected chi connectivity index (χ0v) is 15.1. The molecule has 3 N–H and O–H groups in total. The summed E-state index contributed by atoms with van der Waals surface area (Å²) in [4.78, 5) is -0.155. The average molecular weight is 372 g/mol. The fourth-order valence-electron chi connectivity index (χ4n) is 1.52. The molecule has 0 aromatic heterocycles. The van der Waals surface area contributed by atoms with Gasteiger partial charge in [-0.05, 0) is 31.5 Å². The van der Waals surface area contributed by atoms with Crippen LogP contribution in [0.15, 0.2) is 34.1 Å². The van der Waals surface area contributed by atoms with Gasteiger partial charge in [0, 0.05) is 26.7 Å². The van der Waals surface area contributed by atoms with E-state index in [4.69, 9.17) is 5.73 Å². The molecule has 0 aliphatic heterocycles. The number of nitrogens with one attached hydrogen (secondary N) is 1. The molecule has 128 valence electrons. The van der Waals surface area contributed by atoms with Crippen LogP contribution in [0.25, 0.3) is 0 Å². The topological polar surface area (TPSA) is 110 Å². The van der Waals surface area contributed by atoms with E-state index < -0.39 is 20.0 Å². The summed E-state index contributed by atoms with van der Waals surface area (Å²) < 4.78 is 51.7. The van der Waals surface area contributed by atoms with Crippen molar-refractivity contribution >= 4 is 32.5 Å². The number of benzene rings is 1. The molecule has 7 nitrogen and oxygen atoms in total. The van der Waals surface area contributed by atoms with Crippen molar-refractivity contribution in [1.29, 1.82) is 0 Å². The number of halogens is 1. The minimum absolute atomic E-state index is 0. The number of nitrogens with two attached hydrogens (primary N) is 1. The highest BCUT2D eigenvalue weighted by Gasteiger charge is 2.21. The number of sulfonamides is 2. The van der Waals surface area contributed by atoms with Gasteiger partial charge >= 0.3 is 0 Å². The van der Waals surface area contributed by atoms with E-state index in [2.05, 4.69) is 4.72 Å². The maximum absolute atomic E-state index is 12.1. The maximum Gasteiger partial charge on any atom is 0.242 e. The maximum atomic E-state index is 12.1. The van der Waals surface area contributed by atoms with E-state index in [1.54, 1.807) is 6.92 Å². The largest absolute Gasteiger partial charge is 0.328 e. The quantitative estimate of drug-likeness (QED) is 0.719. The van der Waals surface area contributed by atoms with Crippen molar-refractivity contribution < 1.29 is 16.8 Å². The first kappa shape index (κ1) is 21.3. The molecule has 0 radical (unpaired) electrons. The monoisotopic (exact) mass is 371 g/mol. The van der Waals surface area contributed by atoms with Gasteiger partial charge in [-0.2, -0.15) is 0 Å². The summed E-state index contributed by atoms with van der Waals surface area (Å²) in [5, 5.41) is 0. The molecule has 1 atom stereocenters. The van der Waals surface area contributed by atoms with Crippen LogP contribution in [0.5, 0.6) is 0 Å². The highest BCUT2D eigenvalue weighted by atomic mass is 35.5. The van der Waals surface area contributed by atoms with Crippen LogP contribution >= 0.6 is 12.4 Å².